The summed E-state index contributed by atoms with van der Waals surface area (Å²) in [7, 11) is 0. The molecule has 0 radical (unpaired) electrons. The van der Waals surface area contributed by atoms with Crippen LogP contribution in [0, 0.1) is 0 Å². The third kappa shape index (κ3) is 1.08. The average Bonchev–Trinajstić information content (AvgIpc) is 2.13. The predicted molar refractivity (Wildman–Crippen MR) is 26.2 cm³/mol. The van der Waals surface area contributed by atoms with Crippen LogP contribution in [-0.2, 0) is 9.53 Å². The highest BCUT2D eigenvalue weighted by Gasteiger charge is 2.24. The van der Waals surface area contributed by atoms with Crippen LogP contribution in [0.4, 0.5) is 4.39 Å². The van der Waals surface area contributed by atoms with Crippen LogP contribution >= 0.6 is 0 Å². The number of carbonyl (C=O) groups is 1. The molecule has 1 atom stereocenters. The van der Waals surface area contributed by atoms with E-state index in [1.165, 1.54) is 0 Å². The molecule has 1 heterocycles. The first-order valence-corrected chi connectivity index (χ1v) is 2.43. The minimum atomic E-state index is -0.992. The van der Waals surface area contributed by atoms with Gasteiger partial charge in [-0.2, -0.15) is 4.39 Å². The molecule has 0 aromatic heterocycles. The Labute approximate surface area is 50.7 Å². The maximum Gasteiger partial charge on any atom is 0.367 e. The molecule has 1 aliphatic heterocycles. The fraction of sp³-hybridized carbons (Fsp3) is 0.400. The van der Waals surface area contributed by atoms with Gasteiger partial charge in [0.1, 0.15) is 6.10 Å². The number of carbonyl (C=O) groups excluding carboxylic acids is 1. The number of aliphatic hydroxyl groups is 1. The Bertz CT molecular complexity index is 164. The van der Waals surface area contributed by atoms with Crippen LogP contribution in [0.25, 0.3) is 0 Å². The van der Waals surface area contributed by atoms with E-state index in [0.717, 1.165) is 6.08 Å². The van der Waals surface area contributed by atoms with E-state index in [2.05, 4.69) is 4.74 Å². The summed E-state index contributed by atoms with van der Waals surface area (Å²) in [5.74, 6) is -1.91. The topological polar surface area (TPSA) is 46.5 Å². The van der Waals surface area contributed by atoms with E-state index in [1.54, 1.807) is 0 Å². The number of hydrogen-bond donors (Lipinski definition) is 1. The first-order valence-electron chi connectivity index (χ1n) is 2.43. The lowest BCUT2D eigenvalue weighted by molar-refractivity contribution is -0.142. The van der Waals surface area contributed by atoms with Crippen molar-refractivity contribution in [3.05, 3.63) is 11.9 Å². The summed E-state index contributed by atoms with van der Waals surface area (Å²) in [5.41, 5.74) is 0. The average molecular weight is 132 g/mol. The highest BCUT2D eigenvalue weighted by molar-refractivity contribution is 5.88. The van der Waals surface area contributed by atoms with Gasteiger partial charge in [0.25, 0.3) is 0 Å². The van der Waals surface area contributed by atoms with Gasteiger partial charge in [-0.25, -0.2) is 4.79 Å². The van der Waals surface area contributed by atoms with Crippen LogP contribution in [0.15, 0.2) is 11.9 Å². The van der Waals surface area contributed by atoms with Gasteiger partial charge in [-0.05, 0) is 0 Å². The predicted octanol–water partition coefficient (Wildman–Crippen LogP) is -0.242. The molecule has 0 spiro atoms. The van der Waals surface area contributed by atoms with Crippen molar-refractivity contribution in [2.24, 2.45) is 0 Å². The van der Waals surface area contributed by atoms with E-state index in [-0.39, 0.29) is 6.61 Å². The second kappa shape index (κ2) is 2.14. The molecule has 0 saturated heterocycles. The molecule has 4 heteroatoms. The molecule has 1 N–H and O–H groups in total. The van der Waals surface area contributed by atoms with Crippen molar-refractivity contribution in [2.75, 3.05) is 6.61 Å². The molecular weight excluding hydrogens is 127 g/mol. The van der Waals surface area contributed by atoms with Crippen LogP contribution in [0.5, 0.6) is 0 Å². The molecule has 1 rings (SSSR count). The molecule has 1 aliphatic rings. The first-order chi connectivity index (χ1) is 4.24. The van der Waals surface area contributed by atoms with Gasteiger partial charge in [-0.1, -0.05) is 0 Å². The summed E-state index contributed by atoms with van der Waals surface area (Å²) in [4.78, 5) is 10.2. The van der Waals surface area contributed by atoms with Crippen molar-refractivity contribution in [2.45, 2.75) is 6.10 Å². The molecule has 50 valence electrons. The molecule has 0 aromatic carbocycles. The van der Waals surface area contributed by atoms with Gasteiger partial charge in [-0.3, -0.25) is 0 Å². The summed E-state index contributed by atoms with van der Waals surface area (Å²) in [6.45, 7) is -0.362. The Hall–Kier alpha value is -0.900. The number of esters is 1. The summed E-state index contributed by atoms with van der Waals surface area (Å²) < 4.78 is 16.3. The number of halogens is 1. The zero-order chi connectivity index (χ0) is 6.85. The van der Waals surface area contributed by atoms with E-state index < -0.39 is 17.9 Å². The molecule has 3 nitrogen and oxygen atoms in total. The standard InChI is InChI=1S/C5H5FO3/c6-4-1-3(2-7)9-5(4)8/h1,3,7H,2H2/t3-/m1/s1. The van der Waals surface area contributed by atoms with Gasteiger partial charge in [0.05, 0.1) is 6.61 Å². The van der Waals surface area contributed by atoms with Crippen molar-refractivity contribution in [1.29, 1.82) is 0 Å². The number of rotatable bonds is 1. The summed E-state index contributed by atoms with van der Waals surface area (Å²) in [6, 6.07) is 0. The minimum Gasteiger partial charge on any atom is -0.450 e. The summed E-state index contributed by atoms with van der Waals surface area (Å²) in [6.07, 6.45) is 0.167. The Morgan fingerprint density at radius 2 is 2.56 bits per heavy atom. The fourth-order valence-corrected chi connectivity index (χ4v) is 0.549. The minimum absolute atomic E-state index is 0.362. The van der Waals surface area contributed by atoms with Crippen LogP contribution in [-0.4, -0.2) is 23.8 Å². The van der Waals surface area contributed by atoms with E-state index in [9.17, 15) is 9.18 Å². The number of cyclic esters (lactones) is 1. The van der Waals surface area contributed by atoms with E-state index in [0.29, 0.717) is 0 Å². The lowest BCUT2D eigenvalue weighted by Gasteiger charge is -1.99. The fourth-order valence-electron chi connectivity index (χ4n) is 0.549. The Morgan fingerprint density at radius 1 is 1.89 bits per heavy atom. The third-order valence-electron chi connectivity index (χ3n) is 0.966. The second-order valence-electron chi connectivity index (χ2n) is 1.64. The largest absolute Gasteiger partial charge is 0.450 e. The van der Waals surface area contributed by atoms with Crippen LogP contribution < -0.4 is 0 Å². The molecule has 0 aliphatic carbocycles. The molecule has 0 bridgehead atoms. The zero-order valence-corrected chi connectivity index (χ0v) is 4.50. The van der Waals surface area contributed by atoms with Crippen LogP contribution in [0.3, 0.4) is 0 Å². The molecular formula is C5H5FO3. The lowest BCUT2D eigenvalue weighted by Crippen LogP contribution is -2.11. The second-order valence-corrected chi connectivity index (χ2v) is 1.64. The first kappa shape index (κ1) is 6.22. The van der Waals surface area contributed by atoms with Gasteiger partial charge >= 0.3 is 5.97 Å². The van der Waals surface area contributed by atoms with E-state index in [4.69, 9.17) is 5.11 Å². The Kier molecular flexibility index (Phi) is 1.48. The number of hydrogen-bond acceptors (Lipinski definition) is 3. The van der Waals surface area contributed by atoms with Crippen molar-refractivity contribution in [3.63, 3.8) is 0 Å². The van der Waals surface area contributed by atoms with Gasteiger partial charge < -0.3 is 9.84 Å². The molecule has 9 heavy (non-hydrogen) atoms. The Balaban J connectivity index is 2.62. The highest BCUT2D eigenvalue weighted by Crippen LogP contribution is 2.13. The van der Waals surface area contributed by atoms with Crippen molar-refractivity contribution < 1.29 is 19.0 Å². The van der Waals surface area contributed by atoms with Crippen molar-refractivity contribution >= 4 is 5.97 Å². The maximum atomic E-state index is 12.0. The molecule has 0 amide bonds. The van der Waals surface area contributed by atoms with Crippen molar-refractivity contribution in [1.82, 2.24) is 0 Å². The van der Waals surface area contributed by atoms with Gasteiger partial charge in [0, 0.05) is 6.08 Å². The lowest BCUT2D eigenvalue weighted by atomic mass is 10.4. The normalized spacial score (nSPS) is 25.8. The van der Waals surface area contributed by atoms with Gasteiger partial charge in [0.15, 0.2) is 0 Å². The SMILES string of the molecule is O=C1O[C@@H](CO)C=C1F. The van der Waals surface area contributed by atoms with Crippen molar-refractivity contribution in [3.8, 4) is 0 Å². The molecule has 0 unspecified atom stereocenters. The quantitative estimate of drug-likeness (QED) is 0.501. The molecule has 0 saturated carbocycles. The number of aliphatic hydroxyl groups excluding tert-OH is 1. The van der Waals surface area contributed by atoms with E-state index in [1.807, 2.05) is 0 Å². The van der Waals surface area contributed by atoms with Gasteiger partial charge in [-0.15, -0.1) is 0 Å². The molecule has 0 aromatic rings. The zero-order valence-electron chi connectivity index (χ0n) is 4.50. The summed E-state index contributed by atoms with van der Waals surface area (Å²) in [5, 5.41) is 8.31. The Morgan fingerprint density at radius 3 is 2.78 bits per heavy atom. The smallest absolute Gasteiger partial charge is 0.367 e. The molecule has 0 fully saturated rings. The van der Waals surface area contributed by atoms with E-state index >= 15 is 0 Å². The third-order valence-corrected chi connectivity index (χ3v) is 0.966. The number of ether oxygens (including phenoxy) is 1. The van der Waals surface area contributed by atoms with Crippen LogP contribution in [0.1, 0.15) is 0 Å². The summed E-state index contributed by atoms with van der Waals surface area (Å²) >= 11 is 0. The van der Waals surface area contributed by atoms with Gasteiger partial charge in [0.2, 0.25) is 5.83 Å². The maximum absolute atomic E-state index is 12.0. The monoisotopic (exact) mass is 132 g/mol. The van der Waals surface area contributed by atoms with Crippen LogP contribution in [0.2, 0.25) is 0 Å². The highest BCUT2D eigenvalue weighted by atomic mass is 19.1.